The van der Waals surface area contributed by atoms with Gasteiger partial charge in [0.05, 0.1) is 12.3 Å². The number of carbonyl (C=O) groups excluding carboxylic acids is 1. The molecule has 0 unspecified atom stereocenters. The van der Waals surface area contributed by atoms with Crippen molar-refractivity contribution in [3.05, 3.63) is 40.9 Å². The summed E-state index contributed by atoms with van der Waals surface area (Å²) in [6.45, 7) is 2.54. The number of carbonyl (C=O) groups is 1. The predicted molar refractivity (Wildman–Crippen MR) is 84.9 cm³/mol. The Morgan fingerprint density at radius 3 is 2.80 bits per heavy atom. The number of thioether (sulfide) groups is 1. The molecule has 1 aromatic heterocycles. The number of aromatic nitrogens is 1. The molecule has 2 rings (SSSR count). The first kappa shape index (κ1) is 14.9. The van der Waals surface area contributed by atoms with Crippen molar-refractivity contribution in [2.45, 2.75) is 12.7 Å². The molecule has 0 saturated carbocycles. The molecular formula is C14H16N2O2S2. The van der Waals surface area contributed by atoms with Crippen molar-refractivity contribution >= 4 is 34.1 Å². The van der Waals surface area contributed by atoms with E-state index in [0.29, 0.717) is 17.3 Å². The van der Waals surface area contributed by atoms with Crippen LogP contribution >= 0.6 is 23.1 Å². The van der Waals surface area contributed by atoms with Crippen LogP contribution in [0.3, 0.4) is 0 Å². The number of anilines is 1. The van der Waals surface area contributed by atoms with E-state index in [2.05, 4.69) is 10.3 Å². The highest BCUT2D eigenvalue weighted by Crippen LogP contribution is 2.20. The highest BCUT2D eigenvalue weighted by atomic mass is 32.2. The Kier molecular flexibility index (Phi) is 5.43. The molecule has 0 aliphatic heterocycles. The highest BCUT2D eigenvalue weighted by molar-refractivity contribution is 7.97. The van der Waals surface area contributed by atoms with Gasteiger partial charge in [-0.05, 0) is 37.4 Å². The Morgan fingerprint density at radius 2 is 2.15 bits per heavy atom. The average Bonchev–Trinajstić information content (AvgIpc) is 2.88. The summed E-state index contributed by atoms with van der Waals surface area (Å²) >= 11 is 3.15. The summed E-state index contributed by atoms with van der Waals surface area (Å²) < 4.78 is 5.34. The minimum atomic E-state index is -0.155. The first-order valence-electron chi connectivity index (χ1n) is 6.20. The lowest BCUT2D eigenvalue weighted by atomic mass is 10.2. The lowest BCUT2D eigenvalue weighted by Crippen LogP contribution is -2.11. The lowest BCUT2D eigenvalue weighted by Gasteiger charge is -2.04. The van der Waals surface area contributed by atoms with E-state index < -0.39 is 0 Å². The number of hydrogen-bond donors (Lipinski definition) is 1. The molecule has 4 nitrogen and oxygen atoms in total. The monoisotopic (exact) mass is 308 g/mol. The van der Waals surface area contributed by atoms with Crippen LogP contribution in [-0.2, 0) is 5.75 Å². The second kappa shape index (κ2) is 7.31. The van der Waals surface area contributed by atoms with E-state index in [1.54, 1.807) is 36.0 Å². The zero-order valence-electron chi connectivity index (χ0n) is 11.4. The molecule has 0 aliphatic rings. The molecule has 0 saturated heterocycles. The zero-order valence-corrected chi connectivity index (χ0v) is 13.0. The maximum atomic E-state index is 12.1. The van der Waals surface area contributed by atoms with Crippen molar-refractivity contribution in [3.8, 4) is 5.75 Å². The van der Waals surface area contributed by atoms with Crippen molar-refractivity contribution in [1.82, 2.24) is 4.98 Å². The second-order valence-corrected chi connectivity index (χ2v) is 5.71. The van der Waals surface area contributed by atoms with Gasteiger partial charge in [-0.1, -0.05) is 0 Å². The number of thiazole rings is 1. The van der Waals surface area contributed by atoms with Crippen molar-refractivity contribution < 1.29 is 9.53 Å². The molecule has 106 valence electrons. The number of rotatable bonds is 6. The molecule has 1 N–H and O–H groups in total. The van der Waals surface area contributed by atoms with E-state index in [-0.39, 0.29) is 5.91 Å². The predicted octanol–water partition coefficient (Wildman–Crippen LogP) is 3.66. The summed E-state index contributed by atoms with van der Waals surface area (Å²) in [7, 11) is 0. The van der Waals surface area contributed by atoms with Gasteiger partial charge in [-0.15, -0.1) is 11.3 Å². The first-order valence-corrected chi connectivity index (χ1v) is 8.48. The van der Waals surface area contributed by atoms with Gasteiger partial charge in [0, 0.05) is 16.7 Å². The van der Waals surface area contributed by atoms with Crippen molar-refractivity contribution in [1.29, 1.82) is 0 Å². The summed E-state index contributed by atoms with van der Waals surface area (Å²) in [6.07, 6.45) is 2.03. The topological polar surface area (TPSA) is 51.2 Å². The molecule has 2 aromatic rings. The number of amides is 1. The molecule has 0 atom stereocenters. The third-order valence-corrected chi connectivity index (χ3v) is 3.88. The van der Waals surface area contributed by atoms with Crippen molar-refractivity contribution in [2.75, 3.05) is 18.2 Å². The zero-order chi connectivity index (χ0) is 14.4. The van der Waals surface area contributed by atoms with E-state index >= 15 is 0 Å². The lowest BCUT2D eigenvalue weighted by molar-refractivity contribution is 0.102. The second-order valence-electron chi connectivity index (χ2n) is 3.99. The molecule has 0 bridgehead atoms. The molecule has 0 aliphatic carbocycles. The summed E-state index contributed by atoms with van der Waals surface area (Å²) in [5.74, 6) is 1.47. The minimum Gasteiger partial charge on any atom is -0.494 e. The SMILES string of the molecule is CCOc1ccc(C(=O)Nc2nc(CSC)cs2)cc1. The Hall–Kier alpha value is -1.53. The smallest absolute Gasteiger partial charge is 0.257 e. The Labute approximate surface area is 126 Å². The summed E-state index contributed by atoms with van der Waals surface area (Å²) in [5.41, 5.74) is 1.58. The quantitative estimate of drug-likeness (QED) is 0.885. The van der Waals surface area contributed by atoms with Crippen LogP contribution in [0.15, 0.2) is 29.6 Å². The molecule has 1 heterocycles. The number of benzene rings is 1. The van der Waals surface area contributed by atoms with Gasteiger partial charge in [0.1, 0.15) is 5.75 Å². The Bertz CT molecular complexity index is 567. The maximum Gasteiger partial charge on any atom is 0.257 e. The van der Waals surface area contributed by atoms with Crippen molar-refractivity contribution in [3.63, 3.8) is 0 Å². The van der Waals surface area contributed by atoms with Crippen LogP contribution in [0.4, 0.5) is 5.13 Å². The van der Waals surface area contributed by atoms with Gasteiger partial charge in [-0.3, -0.25) is 10.1 Å². The number of nitrogens with zero attached hydrogens (tertiary/aromatic N) is 1. The van der Waals surface area contributed by atoms with Gasteiger partial charge in [0.25, 0.3) is 5.91 Å². The molecule has 20 heavy (non-hydrogen) atoms. The van der Waals surface area contributed by atoms with E-state index in [9.17, 15) is 4.79 Å². The fraction of sp³-hybridized carbons (Fsp3) is 0.286. The first-order chi connectivity index (χ1) is 9.72. The fourth-order valence-corrected chi connectivity index (χ4v) is 2.87. The van der Waals surface area contributed by atoms with Gasteiger partial charge in [-0.2, -0.15) is 11.8 Å². The molecule has 1 amide bonds. The average molecular weight is 308 g/mol. The third kappa shape index (κ3) is 3.98. The van der Waals surface area contributed by atoms with E-state index in [1.165, 1.54) is 11.3 Å². The number of nitrogens with one attached hydrogen (secondary N) is 1. The fourth-order valence-electron chi connectivity index (χ4n) is 1.62. The number of hydrogen-bond acceptors (Lipinski definition) is 5. The molecule has 6 heteroatoms. The summed E-state index contributed by atoms with van der Waals surface area (Å²) in [5, 5.41) is 5.40. The standard InChI is InChI=1S/C14H16N2O2S2/c1-3-18-12-6-4-10(5-7-12)13(17)16-14-15-11(8-19-2)9-20-14/h4-7,9H,3,8H2,1-2H3,(H,15,16,17). The Balaban J connectivity index is 1.99. The molecule has 1 aromatic carbocycles. The summed E-state index contributed by atoms with van der Waals surface area (Å²) in [6, 6.07) is 7.08. The summed E-state index contributed by atoms with van der Waals surface area (Å²) in [4.78, 5) is 16.4. The normalized spacial score (nSPS) is 10.3. The van der Waals surface area contributed by atoms with Gasteiger partial charge < -0.3 is 4.74 Å². The van der Waals surface area contributed by atoms with E-state index in [4.69, 9.17) is 4.74 Å². The van der Waals surface area contributed by atoms with Gasteiger partial charge >= 0.3 is 0 Å². The third-order valence-electron chi connectivity index (χ3n) is 2.49. The molecule has 0 fully saturated rings. The van der Waals surface area contributed by atoms with E-state index in [1.807, 2.05) is 18.6 Å². The van der Waals surface area contributed by atoms with Crippen LogP contribution in [0.1, 0.15) is 23.0 Å². The van der Waals surface area contributed by atoms with Crippen molar-refractivity contribution in [2.24, 2.45) is 0 Å². The van der Waals surface area contributed by atoms with Crippen LogP contribution in [0.25, 0.3) is 0 Å². The van der Waals surface area contributed by atoms with Crippen LogP contribution in [0, 0.1) is 0 Å². The Morgan fingerprint density at radius 1 is 1.40 bits per heavy atom. The van der Waals surface area contributed by atoms with Crippen LogP contribution in [0.2, 0.25) is 0 Å². The van der Waals surface area contributed by atoms with Crippen LogP contribution in [0.5, 0.6) is 5.75 Å². The number of ether oxygens (including phenoxy) is 1. The minimum absolute atomic E-state index is 0.155. The molecule has 0 radical (unpaired) electrons. The highest BCUT2D eigenvalue weighted by Gasteiger charge is 2.09. The molecule has 0 spiro atoms. The molecular weight excluding hydrogens is 292 g/mol. The van der Waals surface area contributed by atoms with E-state index in [0.717, 1.165) is 17.2 Å². The van der Waals surface area contributed by atoms with Gasteiger partial charge in [-0.25, -0.2) is 4.98 Å². The van der Waals surface area contributed by atoms with Gasteiger partial charge in [0.15, 0.2) is 5.13 Å². The largest absolute Gasteiger partial charge is 0.494 e. The van der Waals surface area contributed by atoms with Gasteiger partial charge in [0.2, 0.25) is 0 Å². The van der Waals surface area contributed by atoms with Crippen LogP contribution in [-0.4, -0.2) is 23.8 Å². The van der Waals surface area contributed by atoms with Crippen LogP contribution < -0.4 is 10.1 Å². The maximum absolute atomic E-state index is 12.1.